The molecule has 0 saturated heterocycles. The molecule has 0 aliphatic heterocycles. The Balaban J connectivity index is 3.49. The van der Waals surface area contributed by atoms with Crippen LogP contribution in [0, 0.1) is 0 Å². The van der Waals surface area contributed by atoms with E-state index in [-0.39, 0.29) is 12.7 Å². The second-order valence-electron chi connectivity index (χ2n) is 3.66. The Kier molecular flexibility index (Phi) is 5.09. The fourth-order valence-electron chi connectivity index (χ4n) is 1.39. The second-order valence-corrected chi connectivity index (χ2v) is 3.66. The van der Waals surface area contributed by atoms with Gasteiger partial charge in [-0.25, -0.2) is 9.78 Å². The Morgan fingerprint density at radius 1 is 1.23 bits per heavy atom. The van der Waals surface area contributed by atoms with E-state index in [4.69, 9.17) is 0 Å². The number of esters is 1. The van der Waals surface area contributed by atoms with Gasteiger partial charge in [0.15, 0.2) is 11.4 Å². The summed E-state index contributed by atoms with van der Waals surface area (Å²) >= 11 is 0. The van der Waals surface area contributed by atoms with Crippen molar-refractivity contribution in [2.45, 2.75) is 19.5 Å². The SMILES string of the molecule is CCOC(=O)c1cc(OC(F)(F)F)c(C(F)(F)F)nc1OC. The Labute approximate surface area is 119 Å². The number of carbonyl (C=O) groups is 1. The van der Waals surface area contributed by atoms with Crippen molar-refractivity contribution in [3.63, 3.8) is 0 Å². The fraction of sp³-hybridized carbons (Fsp3) is 0.455. The van der Waals surface area contributed by atoms with E-state index >= 15 is 0 Å². The molecule has 1 rings (SSSR count). The van der Waals surface area contributed by atoms with Crippen molar-refractivity contribution < 1.29 is 45.3 Å². The van der Waals surface area contributed by atoms with Crippen LogP contribution in [0.1, 0.15) is 23.0 Å². The number of carbonyl (C=O) groups excluding carboxylic acids is 1. The quantitative estimate of drug-likeness (QED) is 0.626. The second kappa shape index (κ2) is 6.28. The molecule has 0 bridgehead atoms. The minimum Gasteiger partial charge on any atom is -0.480 e. The van der Waals surface area contributed by atoms with Crippen LogP contribution in [0.4, 0.5) is 26.3 Å². The third kappa shape index (κ3) is 4.40. The molecule has 0 radical (unpaired) electrons. The highest BCUT2D eigenvalue weighted by Gasteiger charge is 2.42. The molecule has 0 fully saturated rings. The predicted octanol–water partition coefficient (Wildman–Crippen LogP) is 3.18. The van der Waals surface area contributed by atoms with Crippen molar-refractivity contribution in [3.8, 4) is 11.6 Å². The summed E-state index contributed by atoms with van der Waals surface area (Å²) in [4.78, 5) is 14.4. The van der Waals surface area contributed by atoms with Gasteiger partial charge in [0, 0.05) is 6.07 Å². The number of aromatic nitrogens is 1. The number of pyridine rings is 1. The van der Waals surface area contributed by atoms with Crippen LogP contribution in [0.2, 0.25) is 0 Å². The van der Waals surface area contributed by atoms with E-state index in [0.29, 0.717) is 0 Å². The summed E-state index contributed by atoms with van der Waals surface area (Å²) in [7, 11) is 0.898. The van der Waals surface area contributed by atoms with Gasteiger partial charge in [-0.05, 0) is 6.92 Å². The van der Waals surface area contributed by atoms with Crippen molar-refractivity contribution >= 4 is 5.97 Å². The van der Waals surface area contributed by atoms with Gasteiger partial charge in [-0.15, -0.1) is 13.2 Å². The number of halogens is 6. The van der Waals surface area contributed by atoms with Gasteiger partial charge in [0.1, 0.15) is 5.56 Å². The maximum atomic E-state index is 12.7. The molecular weight excluding hydrogens is 324 g/mol. The van der Waals surface area contributed by atoms with Crippen molar-refractivity contribution in [2.75, 3.05) is 13.7 Å². The molecule has 1 heterocycles. The van der Waals surface area contributed by atoms with Gasteiger partial charge in [-0.3, -0.25) is 0 Å². The smallest absolute Gasteiger partial charge is 0.480 e. The van der Waals surface area contributed by atoms with Gasteiger partial charge in [-0.2, -0.15) is 13.2 Å². The average molecular weight is 333 g/mol. The molecule has 0 atom stereocenters. The topological polar surface area (TPSA) is 57.7 Å². The molecule has 11 heteroatoms. The highest BCUT2D eigenvalue weighted by atomic mass is 19.4. The lowest BCUT2D eigenvalue weighted by molar-refractivity contribution is -0.276. The predicted molar refractivity (Wildman–Crippen MR) is 58.4 cm³/mol. The zero-order valence-electron chi connectivity index (χ0n) is 11.1. The van der Waals surface area contributed by atoms with Gasteiger partial charge >= 0.3 is 18.5 Å². The van der Waals surface area contributed by atoms with Gasteiger partial charge < -0.3 is 14.2 Å². The number of methoxy groups -OCH3 is 1. The summed E-state index contributed by atoms with van der Waals surface area (Å²) in [6.45, 7) is 1.24. The van der Waals surface area contributed by atoms with E-state index in [1.807, 2.05) is 0 Å². The van der Waals surface area contributed by atoms with Crippen LogP contribution >= 0.6 is 0 Å². The van der Waals surface area contributed by atoms with E-state index in [0.717, 1.165) is 7.11 Å². The lowest BCUT2D eigenvalue weighted by atomic mass is 10.2. The molecule has 22 heavy (non-hydrogen) atoms. The van der Waals surface area contributed by atoms with Crippen molar-refractivity contribution in [2.24, 2.45) is 0 Å². The zero-order valence-corrected chi connectivity index (χ0v) is 11.1. The number of ether oxygens (including phenoxy) is 3. The monoisotopic (exact) mass is 333 g/mol. The summed E-state index contributed by atoms with van der Waals surface area (Å²) in [5.74, 6) is -3.71. The zero-order chi connectivity index (χ0) is 17.1. The highest BCUT2D eigenvalue weighted by Crippen LogP contribution is 2.39. The van der Waals surface area contributed by atoms with E-state index in [1.165, 1.54) is 6.92 Å². The van der Waals surface area contributed by atoms with E-state index < -0.39 is 41.4 Å². The molecule has 0 N–H and O–H groups in total. The number of nitrogens with zero attached hydrogens (tertiary/aromatic N) is 1. The molecular formula is C11H9F6NO4. The number of alkyl halides is 6. The van der Waals surface area contributed by atoms with Crippen LogP contribution in [-0.2, 0) is 10.9 Å². The molecule has 0 saturated carbocycles. The molecule has 0 aliphatic carbocycles. The van der Waals surface area contributed by atoms with Crippen molar-refractivity contribution in [3.05, 3.63) is 17.3 Å². The van der Waals surface area contributed by atoms with Crippen molar-refractivity contribution in [1.29, 1.82) is 0 Å². The van der Waals surface area contributed by atoms with Gasteiger partial charge in [0.25, 0.3) is 0 Å². The van der Waals surface area contributed by atoms with Crippen LogP contribution in [0.5, 0.6) is 11.6 Å². The molecule has 5 nitrogen and oxygen atoms in total. The largest absolute Gasteiger partial charge is 0.573 e. The first-order valence-corrected chi connectivity index (χ1v) is 5.58. The first-order chi connectivity index (χ1) is 9.99. The molecule has 0 unspecified atom stereocenters. The maximum Gasteiger partial charge on any atom is 0.573 e. The molecule has 1 aromatic rings. The Morgan fingerprint density at radius 3 is 2.23 bits per heavy atom. The molecule has 124 valence electrons. The standard InChI is InChI=1S/C11H9F6NO4/c1-3-21-9(19)5-4-6(22-11(15,16)17)7(10(12,13)14)18-8(5)20-2/h4H,3H2,1-2H3. The lowest BCUT2D eigenvalue weighted by Crippen LogP contribution is -2.22. The Hall–Kier alpha value is -2.20. The summed E-state index contributed by atoms with van der Waals surface area (Å²) in [6, 6.07) is 0.222. The van der Waals surface area contributed by atoms with Gasteiger partial charge in [0.2, 0.25) is 5.88 Å². The van der Waals surface area contributed by atoms with E-state index in [9.17, 15) is 31.1 Å². The molecule has 0 aliphatic rings. The maximum absolute atomic E-state index is 12.7. The highest BCUT2D eigenvalue weighted by molar-refractivity contribution is 5.92. The molecule has 0 aromatic carbocycles. The van der Waals surface area contributed by atoms with Gasteiger partial charge in [-0.1, -0.05) is 0 Å². The first kappa shape index (κ1) is 17.9. The third-order valence-electron chi connectivity index (χ3n) is 2.14. The Bertz CT molecular complexity index is 555. The summed E-state index contributed by atoms with van der Waals surface area (Å²) < 4.78 is 87.1. The van der Waals surface area contributed by atoms with Crippen LogP contribution in [-0.4, -0.2) is 31.0 Å². The van der Waals surface area contributed by atoms with Gasteiger partial charge in [0.05, 0.1) is 13.7 Å². The molecule has 0 spiro atoms. The number of hydrogen-bond acceptors (Lipinski definition) is 5. The first-order valence-electron chi connectivity index (χ1n) is 5.58. The van der Waals surface area contributed by atoms with Crippen LogP contribution in [0.3, 0.4) is 0 Å². The van der Waals surface area contributed by atoms with Crippen LogP contribution < -0.4 is 9.47 Å². The third-order valence-corrected chi connectivity index (χ3v) is 2.14. The minimum atomic E-state index is -5.40. The summed E-state index contributed by atoms with van der Waals surface area (Å²) in [5, 5.41) is 0. The normalized spacial score (nSPS) is 12.0. The minimum absolute atomic E-state index is 0.154. The molecule has 0 amide bonds. The van der Waals surface area contributed by atoms with Crippen molar-refractivity contribution in [1.82, 2.24) is 4.98 Å². The fourth-order valence-corrected chi connectivity index (χ4v) is 1.39. The van der Waals surface area contributed by atoms with E-state index in [2.05, 4.69) is 19.2 Å². The summed E-state index contributed by atoms with van der Waals surface area (Å²) in [6.07, 6.45) is -10.6. The average Bonchev–Trinajstić information content (AvgIpc) is 2.35. The summed E-state index contributed by atoms with van der Waals surface area (Å²) in [5.41, 5.74) is -2.70. The van der Waals surface area contributed by atoms with E-state index in [1.54, 1.807) is 0 Å². The number of rotatable bonds is 4. The number of hydrogen-bond donors (Lipinski definition) is 0. The molecule has 1 aromatic heterocycles. The van der Waals surface area contributed by atoms with Crippen LogP contribution in [0.15, 0.2) is 6.07 Å². The van der Waals surface area contributed by atoms with Crippen LogP contribution in [0.25, 0.3) is 0 Å². The lowest BCUT2D eigenvalue weighted by Gasteiger charge is -2.17. The Morgan fingerprint density at radius 2 is 1.82 bits per heavy atom.